The average molecular weight is 1120 g/mol. The zero-order valence-electron chi connectivity index (χ0n) is 40.7. The first-order valence-electron chi connectivity index (χ1n) is 24.1. The molecule has 10 aromatic rings. The fourth-order valence-electron chi connectivity index (χ4n) is 10.3. The van der Waals surface area contributed by atoms with E-state index in [2.05, 4.69) is 114 Å². The topological polar surface area (TPSA) is 72.7 Å². The quantitative estimate of drug-likeness (QED) is 0.106. The van der Waals surface area contributed by atoms with Crippen molar-refractivity contribution in [1.29, 1.82) is 0 Å². The minimum absolute atomic E-state index is 0.405. The van der Waals surface area contributed by atoms with Gasteiger partial charge >= 0.3 is 0 Å². The number of benzene rings is 8. The molecule has 0 aliphatic carbocycles. The van der Waals surface area contributed by atoms with E-state index >= 15 is 0 Å². The maximum atomic E-state index is 12.9. The van der Waals surface area contributed by atoms with Crippen molar-refractivity contribution < 1.29 is 10.2 Å². The Kier molecular flexibility index (Phi) is 15.9. The van der Waals surface area contributed by atoms with E-state index in [-0.39, 0.29) is 0 Å². The molecule has 0 saturated heterocycles. The molecule has 2 aromatic heterocycles. The number of rotatable bonds is 14. The molecular formula is C62H56Br2Cl2N4O2. The maximum Gasteiger partial charge on any atom is 0.133 e. The van der Waals surface area contributed by atoms with Crippen molar-refractivity contribution in [3.8, 4) is 0 Å². The Labute approximate surface area is 449 Å². The normalized spacial score (nSPS) is 14.3. The highest BCUT2D eigenvalue weighted by Gasteiger charge is 2.44. The molecule has 0 spiro atoms. The second kappa shape index (κ2) is 22.3. The van der Waals surface area contributed by atoms with Gasteiger partial charge < -0.3 is 20.0 Å². The van der Waals surface area contributed by atoms with Crippen molar-refractivity contribution in [3.05, 3.63) is 247 Å². The van der Waals surface area contributed by atoms with Gasteiger partial charge in [0.25, 0.3) is 0 Å². The minimum Gasteiger partial charge on any atom is -0.384 e. The van der Waals surface area contributed by atoms with Crippen LogP contribution in [0.4, 0.5) is 0 Å². The van der Waals surface area contributed by atoms with E-state index in [9.17, 15) is 10.2 Å². The Morgan fingerprint density at radius 2 is 0.806 bits per heavy atom. The highest BCUT2D eigenvalue weighted by molar-refractivity contribution is 9.10. The van der Waals surface area contributed by atoms with Crippen LogP contribution in [-0.2, 0) is 11.2 Å². The van der Waals surface area contributed by atoms with Gasteiger partial charge in [0, 0.05) is 55.8 Å². The number of fused-ring (bicyclic) bond motifs is 4. The molecule has 0 aliphatic rings. The standard InChI is InChI=1S/2C31H28BrClN2O/c2*1-35(2)18-17-31(36,27-14-8-12-21-9-6-7-13-25(21)27)29(22-10-4-3-5-11-22)26-20-23-19-24(32)15-16-28(23)34-30(26)33/h2*3-16,19-20,29,36H,17-18H2,1-2H3/t2*29-,31-/m10/s1. The zero-order chi connectivity index (χ0) is 50.6. The molecule has 4 atom stereocenters. The van der Waals surface area contributed by atoms with Gasteiger partial charge in [0.2, 0.25) is 0 Å². The van der Waals surface area contributed by atoms with E-state index in [0.717, 1.165) is 85.7 Å². The summed E-state index contributed by atoms with van der Waals surface area (Å²) < 4.78 is 1.94. The van der Waals surface area contributed by atoms with Crippen molar-refractivity contribution in [2.45, 2.75) is 35.9 Å². The highest BCUT2D eigenvalue weighted by atomic mass is 79.9. The summed E-state index contributed by atoms with van der Waals surface area (Å²) in [4.78, 5) is 13.7. The first-order valence-corrected chi connectivity index (χ1v) is 26.4. The van der Waals surface area contributed by atoms with Crippen LogP contribution in [0.2, 0.25) is 10.3 Å². The predicted molar refractivity (Wildman–Crippen MR) is 308 cm³/mol. The molecule has 8 aromatic carbocycles. The summed E-state index contributed by atoms with van der Waals surface area (Å²) in [5, 5.41) is 32.9. The number of halogens is 4. The van der Waals surface area contributed by atoms with Crippen LogP contribution in [0.3, 0.4) is 0 Å². The van der Waals surface area contributed by atoms with Gasteiger partial charge in [-0.15, -0.1) is 0 Å². The Bertz CT molecular complexity index is 3270. The fourth-order valence-corrected chi connectivity index (χ4v) is 11.5. The van der Waals surface area contributed by atoms with Crippen molar-refractivity contribution in [2.75, 3.05) is 41.3 Å². The molecule has 0 saturated carbocycles. The zero-order valence-corrected chi connectivity index (χ0v) is 45.3. The second-order valence-electron chi connectivity index (χ2n) is 19.1. The van der Waals surface area contributed by atoms with Crippen molar-refractivity contribution >= 4 is 98.4 Å². The van der Waals surface area contributed by atoms with Crippen LogP contribution in [0.15, 0.2) is 203 Å². The van der Waals surface area contributed by atoms with Crippen LogP contribution in [0.5, 0.6) is 0 Å². The maximum absolute atomic E-state index is 12.9. The molecule has 2 heterocycles. The molecular weight excluding hydrogens is 1060 g/mol. The van der Waals surface area contributed by atoms with E-state index in [1.807, 2.05) is 150 Å². The lowest BCUT2D eigenvalue weighted by Gasteiger charge is -2.39. The Morgan fingerprint density at radius 1 is 0.444 bits per heavy atom. The molecule has 72 heavy (non-hydrogen) atoms. The molecule has 0 fully saturated rings. The highest BCUT2D eigenvalue weighted by Crippen LogP contribution is 2.50. The van der Waals surface area contributed by atoms with E-state index in [0.29, 0.717) is 36.2 Å². The summed E-state index contributed by atoms with van der Waals surface area (Å²) in [7, 11) is 8.12. The van der Waals surface area contributed by atoms with Crippen molar-refractivity contribution in [2.24, 2.45) is 0 Å². The molecule has 2 N–H and O–H groups in total. The SMILES string of the molecule is CN(C)CC[C@@](O)(c1cccc2ccccc12)[C@H](c1ccccc1)c1cc2cc(Br)ccc2nc1Cl.CN(C)CC[C@](O)(c1cccc2ccccc12)[C@@H](c1ccccc1)c1cc2cc(Br)ccc2nc1Cl. The smallest absolute Gasteiger partial charge is 0.133 e. The molecule has 0 radical (unpaired) electrons. The Morgan fingerprint density at radius 3 is 1.19 bits per heavy atom. The summed E-state index contributed by atoms with van der Waals surface area (Å²) in [6, 6.07) is 65.2. The average Bonchev–Trinajstić information content (AvgIpc) is 3.38. The fraction of sp³-hybridized carbons (Fsp3) is 0.194. The molecule has 0 bridgehead atoms. The molecule has 364 valence electrons. The first kappa shape index (κ1) is 51.4. The number of pyridine rings is 2. The number of nitrogens with zero attached hydrogens (tertiary/aromatic N) is 4. The lowest BCUT2D eigenvalue weighted by molar-refractivity contribution is 0.00554. The van der Waals surface area contributed by atoms with Gasteiger partial charge in [0.15, 0.2) is 0 Å². The van der Waals surface area contributed by atoms with Crippen LogP contribution >= 0.6 is 55.1 Å². The second-order valence-corrected chi connectivity index (χ2v) is 21.7. The third-order valence-corrected chi connectivity index (χ3v) is 15.3. The minimum atomic E-state index is -1.25. The summed E-state index contributed by atoms with van der Waals surface area (Å²) in [5.74, 6) is -0.874. The summed E-state index contributed by atoms with van der Waals surface area (Å²) in [6.07, 6.45) is 1.03. The van der Waals surface area contributed by atoms with Gasteiger partial charge in [-0.2, -0.15) is 0 Å². The van der Waals surface area contributed by atoms with E-state index in [1.165, 1.54) is 0 Å². The van der Waals surface area contributed by atoms with Crippen molar-refractivity contribution in [1.82, 2.24) is 19.8 Å². The van der Waals surface area contributed by atoms with E-state index < -0.39 is 23.0 Å². The van der Waals surface area contributed by atoms with Gasteiger partial charge in [-0.05, 0) is 133 Å². The predicted octanol–water partition coefficient (Wildman–Crippen LogP) is 15.6. The lowest BCUT2D eigenvalue weighted by atomic mass is 9.71. The molecule has 0 aliphatic heterocycles. The monoisotopic (exact) mass is 1120 g/mol. The third-order valence-electron chi connectivity index (χ3n) is 13.8. The van der Waals surface area contributed by atoms with Gasteiger partial charge in [-0.3, -0.25) is 0 Å². The summed E-state index contributed by atoms with van der Waals surface area (Å²) in [6.45, 7) is 1.40. The molecule has 6 nitrogen and oxygen atoms in total. The number of aromatic nitrogens is 2. The third kappa shape index (κ3) is 10.9. The van der Waals surface area contributed by atoms with E-state index in [4.69, 9.17) is 33.2 Å². The molecule has 10 heteroatoms. The van der Waals surface area contributed by atoms with E-state index in [1.54, 1.807) is 0 Å². The summed E-state index contributed by atoms with van der Waals surface area (Å²) >= 11 is 21.0. The van der Waals surface area contributed by atoms with Gasteiger partial charge in [0.1, 0.15) is 21.5 Å². The number of hydrogen-bond donors (Lipinski definition) is 2. The molecule has 0 unspecified atom stereocenters. The lowest BCUT2D eigenvalue weighted by Crippen LogP contribution is -2.38. The van der Waals surface area contributed by atoms with Crippen LogP contribution in [0.25, 0.3) is 43.4 Å². The van der Waals surface area contributed by atoms with Crippen molar-refractivity contribution in [3.63, 3.8) is 0 Å². The Balaban J connectivity index is 0.000000178. The first-order chi connectivity index (χ1) is 34.7. The Hall–Kier alpha value is -5.52. The number of aliphatic hydroxyl groups is 2. The summed E-state index contributed by atoms with van der Waals surface area (Å²) in [5.41, 5.74) is 4.51. The van der Waals surface area contributed by atoms with Crippen LogP contribution in [0, 0.1) is 0 Å². The van der Waals surface area contributed by atoms with Gasteiger partial charge in [-0.1, -0.05) is 201 Å². The molecule has 10 rings (SSSR count). The van der Waals surface area contributed by atoms with Crippen LogP contribution < -0.4 is 0 Å². The van der Waals surface area contributed by atoms with Crippen LogP contribution in [0.1, 0.15) is 58.1 Å². The van der Waals surface area contributed by atoms with Gasteiger partial charge in [-0.25, -0.2) is 9.97 Å². The largest absolute Gasteiger partial charge is 0.384 e. The van der Waals surface area contributed by atoms with Gasteiger partial charge in [0.05, 0.1) is 11.0 Å². The molecule has 0 amide bonds. The van der Waals surface area contributed by atoms with Crippen LogP contribution in [-0.4, -0.2) is 71.3 Å². The number of hydrogen-bond acceptors (Lipinski definition) is 6.